The van der Waals surface area contributed by atoms with Gasteiger partial charge in [0.2, 0.25) is 0 Å². The van der Waals surface area contributed by atoms with E-state index in [2.05, 4.69) is 47.1 Å². The van der Waals surface area contributed by atoms with Gasteiger partial charge in [-0.25, -0.2) is 0 Å². The van der Waals surface area contributed by atoms with Gasteiger partial charge in [0.15, 0.2) is 0 Å². The van der Waals surface area contributed by atoms with Gasteiger partial charge in [-0.15, -0.1) is 24.8 Å². The van der Waals surface area contributed by atoms with Crippen LogP contribution in [0.15, 0.2) is 83.9 Å². The van der Waals surface area contributed by atoms with Crippen LogP contribution in [0.3, 0.4) is 0 Å². The predicted molar refractivity (Wildman–Crippen MR) is 148 cm³/mol. The molecule has 0 unspecified atom stereocenters. The minimum absolute atomic E-state index is 0. The van der Waals surface area contributed by atoms with E-state index in [1.807, 2.05) is 42.7 Å². The largest absolute Gasteiger partial charge is 0.494 e. The molecular formula is C28H33Cl2N3O2. The molecule has 2 aromatic carbocycles. The van der Waals surface area contributed by atoms with E-state index in [0.29, 0.717) is 6.61 Å². The molecule has 4 rings (SSSR count). The highest BCUT2D eigenvalue weighted by molar-refractivity contribution is 5.85. The standard InChI is InChI=1S/C28H31N3O2.2ClH/c1-22-8-3-4-10-25(22)21-31(20-23-9-7-15-29-19-23)16-5-6-17-33-26-12-13-27-24(18-26)11-14-28(32)30(27)2;;/h3-4,7-15,18-19H,5-6,16-17,20-21H2,1-2H3;2*1H. The van der Waals surface area contributed by atoms with Crippen LogP contribution in [0.5, 0.6) is 5.75 Å². The number of hydrogen-bond donors (Lipinski definition) is 0. The summed E-state index contributed by atoms with van der Waals surface area (Å²) in [7, 11) is 1.79. The third-order valence-corrected chi connectivity index (χ3v) is 6.02. The topological polar surface area (TPSA) is 47.4 Å². The normalized spacial score (nSPS) is 10.6. The SMILES string of the molecule is Cc1ccccc1CN(CCCCOc1ccc2c(ccc(=O)n2C)c1)Cc1cccnc1.Cl.Cl. The second kappa shape index (κ2) is 13.9. The summed E-state index contributed by atoms with van der Waals surface area (Å²) in [5.74, 6) is 0.841. The Hall–Kier alpha value is -2.86. The highest BCUT2D eigenvalue weighted by Gasteiger charge is 2.09. The smallest absolute Gasteiger partial charge is 0.250 e. The quantitative estimate of drug-likeness (QED) is 0.246. The number of halogens is 2. The van der Waals surface area contributed by atoms with Crippen molar-refractivity contribution in [1.29, 1.82) is 0 Å². The molecule has 0 saturated carbocycles. The summed E-state index contributed by atoms with van der Waals surface area (Å²) < 4.78 is 7.66. The van der Waals surface area contributed by atoms with Crippen molar-refractivity contribution in [2.24, 2.45) is 7.05 Å². The molecule has 0 amide bonds. The third kappa shape index (κ3) is 7.82. The zero-order valence-electron chi connectivity index (χ0n) is 20.2. The Labute approximate surface area is 219 Å². The lowest BCUT2D eigenvalue weighted by atomic mass is 10.1. The summed E-state index contributed by atoms with van der Waals surface area (Å²) in [5, 5.41) is 1.01. The molecule has 5 nitrogen and oxygen atoms in total. The lowest BCUT2D eigenvalue weighted by molar-refractivity contribution is 0.235. The average Bonchev–Trinajstić information content (AvgIpc) is 2.83. The highest BCUT2D eigenvalue weighted by atomic mass is 35.5. The first-order valence-corrected chi connectivity index (χ1v) is 11.5. The van der Waals surface area contributed by atoms with E-state index in [1.165, 1.54) is 16.7 Å². The Kier molecular flexibility index (Phi) is 11.3. The fraction of sp³-hybridized carbons (Fsp3) is 0.286. The van der Waals surface area contributed by atoms with E-state index < -0.39 is 0 Å². The van der Waals surface area contributed by atoms with Gasteiger partial charge in [-0.1, -0.05) is 30.3 Å². The molecule has 0 aliphatic rings. The van der Waals surface area contributed by atoms with Crippen molar-refractivity contribution in [1.82, 2.24) is 14.5 Å². The number of fused-ring (bicyclic) bond motifs is 1. The van der Waals surface area contributed by atoms with Gasteiger partial charge >= 0.3 is 0 Å². The van der Waals surface area contributed by atoms with Crippen LogP contribution in [0.1, 0.15) is 29.5 Å². The molecule has 186 valence electrons. The molecule has 0 spiro atoms. The molecule has 7 heteroatoms. The Bertz CT molecular complexity index is 1260. The van der Waals surface area contributed by atoms with Crippen LogP contribution in [0.4, 0.5) is 0 Å². The lowest BCUT2D eigenvalue weighted by Crippen LogP contribution is -2.25. The summed E-state index contributed by atoms with van der Waals surface area (Å²) in [6.45, 7) is 5.64. The van der Waals surface area contributed by atoms with Crippen molar-refractivity contribution < 1.29 is 4.74 Å². The van der Waals surface area contributed by atoms with E-state index in [-0.39, 0.29) is 30.4 Å². The van der Waals surface area contributed by atoms with E-state index >= 15 is 0 Å². The van der Waals surface area contributed by atoms with Gasteiger partial charge in [0.05, 0.1) is 12.1 Å². The van der Waals surface area contributed by atoms with Crippen molar-refractivity contribution in [2.75, 3.05) is 13.2 Å². The van der Waals surface area contributed by atoms with Gasteiger partial charge in [-0.05, 0) is 73.3 Å². The van der Waals surface area contributed by atoms with Crippen molar-refractivity contribution in [3.8, 4) is 5.75 Å². The first-order valence-electron chi connectivity index (χ1n) is 11.5. The zero-order valence-corrected chi connectivity index (χ0v) is 21.9. The van der Waals surface area contributed by atoms with Crippen molar-refractivity contribution >= 4 is 35.7 Å². The molecule has 2 heterocycles. The summed E-state index contributed by atoms with van der Waals surface area (Å²) in [6.07, 6.45) is 5.79. The monoisotopic (exact) mass is 513 g/mol. The first-order chi connectivity index (χ1) is 16.1. The summed E-state index contributed by atoms with van der Waals surface area (Å²) >= 11 is 0. The van der Waals surface area contributed by atoms with Crippen LogP contribution in [0.2, 0.25) is 0 Å². The van der Waals surface area contributed by atoms with Crippen LogP contribution >= 0.6 is 24.8 Å². The van der Waals surface area contributed by atoms with Crippen molar-refractivity contribution in [3.63, 3.8) is 0 Å². The average molecular weight is 514 g/mol. The maximum Gasteiger partial charge on any atom is 0.250 e. The maximum atomic E-state index is 11.8. The molecule has 4 aromatic rings. The second-order valence-corrected chi connectivity index (χ2v) is 8.51. The molecule has 0 radical (unpaired) electrons. The number of hydrogen-bond acceptors (Lipinski definition) is 4. The Morgan fingerprint density at radius 2 is 1.77 bits per heavy atom. The van der Waals surface area contributed by atoms with Crippen LogP contribution in [0, 0.1) is 6.92 Å². The molecule has 0 fully saturated rings. The number of unbranched alkanes of at least 4 members (excludes halogenated alkanes) is 1. The van der Waals surface area contributed by atoms with E-state index in [0.717, 1.165) is 49.1 Å². The van der Waals surface area contributed by atoms with Gasteiger partial charge < -0.3 is 9.30 Å². The zero-order chi connectivity index (χ0) is 23.0. The van der Waals surface area contributed by atoms with Crippen LogP contribution < -0.4 is 10.3 Å². The fourth-order valence-electron chi connectivity index (χ4n) is 4.07. The number of rotatable bonds is 10. The number of aromatic nitrogens is 2. The minimum Gasteiger partial charge on any atom is -0.494 e. The molecule has 0 atom stereocenters. The first kappa shape index (κ1) is 28.4. The summed E-state index contributed by atoms with van der Waals surface area (Å²) in [5.41, 5.74) is 4.83. The predicted octanol–water partition coefficient (Wildman–Crippen LogP) is 5.95. The minimum atomic E-state index is -0.00213. The van der Waals surface area contributed by atoms with Gasteiger partial charge in [0, 0.05) is 44.0 Å². The molecule has 0 aliphatic heterocycles. The maximum absolute atomic E-state index is 11.8. The molecule has 0 aliphatic carbocycles. The Balaban J connectivity index is 0.00000216. The van der Waals surface area contributed by atoms with Gasteiger partial charge in [0.25, 0.3) is 5.56 Å². The fourth-order valence-corrected chi connectivity index (χ4v) is 4.07. The highest BCUT2D eigenvalue weighted by Crippen LogP contribution is 2.20. The van der Waals surface area contributed by atoms with Gasteiger partial charge in [-0.3, -0.25) is 14.7 Å². The number of aryl methyl sites for hydroxylation is 2. The van der Waals surface area contributed by atoms with E-state index in [4.69, 9.17) is 4.74 Å². The molecular weight excluding hydrogens is 481 g/mol. The van der Waals surface area contributed by atoms with E-state index in [9.17, 15) is 4.79 Å². The van der Waals surface area contributed by atoms with Gasteiger partial charge in [-0.2, -0.15) is 0 Å². The van der Waals surface area contributed by atoms with E-state index in [1.54, 1.807) is 17.7 Å². The summed E-state index contributed by atoms with van der Waals surface area (Å²) in [4.78, 5) is 18.5. The molecule has 0 bridgehead atoms. The lowest BCUT2D eigenvalue weighted by Gasteiger charge is -2.23. The number of ether oxygens (including phenoxy) is 1. The molecule has 2 aromatic heterocycles. The Morgan fingerprint density at radius 1 is 0.943 bits per heavy atom. The number of benzene rings is 2. The summed E-state index contributed by atoms with van der Waals surface area (Å²) in [6, 6.07) is 22.1. The molecule has 0 N–H and O–H groups in total. The molecule has 0 saturated heterocycles. The van der Waals surface area contributed by atoms with Gasteiger partial charge in [0.1, 0.15) is 5.75 Å². The van der Waals surface area contributed by atoms with Crippen molar-refractivity contribution in [3.05, 3.63) is 106 Å². The van der Waals surface area contributed by atoms with Crippen molar-refractivity contribution in [2.45, 2.75) is 32.9 Å². The number of nitrogens with zero attached hydrogens (tertiary/aromatic N) is 3. The number of pyridine rings is 2. The second-order valence-electron chi connectivity index (χ2n) is 8.51. The third-order valence-electron chi connectivity index (χ3n) is 6.02. The Morgan fingerprint density at radius 3 is 2.54 bits per heavy atom. The van der Waals surface area contributed by atoms with Crippen LogP contribution in [-0.4, -0.2) is 27.6 Å². The van der Waals surface area contributed by atoms with Crippen LogP contribution in [-0.2, 0) is 20.1 Å². The molecule has 35 heavy (non-hydrogen) atoms. The van der Waals surface area contributed by atoms with Crippen LogP contribution in [0.25, 0.3) is 10.9 Å².